The van der Waals surface area contributed by atoms with Crippen molar-refractivity contribution in [3.63, 3.8) is 0 Å². The zero-order valence-electron chi connectivity index (χ0n) is 15.3. The van der Waals surface area contributed by atoms with E-state index in [0.29, 0.717) is 5.69 Å². The van der Waals surface area contributed by atoms with E-state index in [1.165, 1.54) is 41.7 Å². The number of aromatic nitrogens is 1. The first-order chi connectivity index (χ1) is 14.3. The number of alkyl halides is 3. The number of nitrogens with zero attached hydrogens (tertiary/aromatic N) is 3. The summed E-state index contributed by atoms with van der Waals surface area (Å²) in [5.74, 6) is -0.381. The van der Waals surface area contributed by atoms with Crippen LogP contribution in [0.1, 0.15) is 16.8 Å². The Kier molecular flexibility index (Phi) is 5.46. The number of aliphatic imine (C=N–C) groups is 1. The summed E-state index contributed by atoms with van der Waals surface area (Å²) in [6.45, 7) is 0.00986. The van der Waals surface area contributed by atoms with Gasteiger partial charge >= 0.3 is 6.18 Å². The predicted molar refractivity (Wildman–Crippen MR) is 108 cm³/mol. The normalized spacial score (nSPS) is 13.3. The Morgan fingerprint density at radius 2 is 1.93 bits per heavy atom. The molecule has 0 saturated heterocycles. The van der Waals surface area contributed by atoms with Gasteiger partial charge in [0.25, 0.3) is 0 Å². The molecule has 4 rings (SSSR count). The molecule has 0 aliphatic carbocycles. The third-order valence-corrected chi connectivity index (χ3v) is 5.01. The Balaban J connectivity index is 1.65. The van der Waals surface area contributed by atoms with E-state index in [4.69, 9.17) is 4.74 Å². The maximum atomic E-state index is 13.7. The topological polar surface area (TPSA) is 37.7 Å². The molecule has 9 heteroatoms. The molecule has 0 N–H and O–H groups in total. The van der Waals surface area contributed by atoms with Gasteiger partial charge in [-0.2, -0.15) is 13.2 Å². The van der Waals surface area contributed by atoms with Crippen molar-refractivity contribution < 1.29 is 22.3 Å². The van der Waals surface area contributed by atoms with Crippen LogP contribution in [0.25, 0.3) is 0 Å². The van der Waals surface area contributed by atoms with Crippen LogP contribution in [-0.2, 0) is 19.3 Å². The molecule has 2 aromatic carbocycles. The van der Waals surface area contributed by atoms with E-state index in [2.05, 4.69) is 25.9 Å². The largest absolute Gasteiger partial charge is 0.487 e. The van der Waals surface area contributed by atoms with Gasteiger partial charge in [0.1, 0.15) is 23.9 Å². The molecule has 4 nitrogen and oxygen atoms in total. The van der Waals surface area contributed by atoms with Gasteiger partial charge in [0.15, 0.2) is 0 Å². The Morgan fingerprint density at radius 1 is 1.10 bits per heavy atom. The Morgan fingerprint density at radius 3 is 2.70 bits per heavy atom. The van der Waals surface area contributed by atoms with Gasteiger partial charge in [-0.1, -0.05) is 22.0 Å². The van der Waals surface area contributed by atoms with Crippen LogP contribution in [0.3, 0.4) is 0 Å². The van der Waals surface area contributed by atoms with Gasteiger partial charge in [-0.15, -0.1) is 0 Å². The summed E-state index contributed by atoms with van der Waals surface area (Å²) >= 11 is 3.35. The fourth-order valence-electron chi connectivity index (χ4n) is 3.05. The Hall–Kier alpha value is -2.94. The molecule has 0 fully saturated rings. The number of fused-ring (bicyclic) bond motifs is 1. The molecular formula is C21H14BrF4N3O. The predicted octanol–water partition coefficient (Wildman–Crippen LogP) is 6.26. The minimum absolute atomic E-state index is 0.0676. The number of pyridine rings is 1. The molecule has 1 aliphatic rings. The average Bonchev–Trinajstić information content (AvgIpc) is 2.72. The second-order valence-electron chi connectivity index (χ2n) is 6.54. The van der Waals surface area contributed by atoms with Crippen molar-refractivity contribution in [2.75, 3.05) is 4.90 Å². The quantitative estimate of drug-likeness (QED) is 0.414. The van der Waals surface area contributed by atoms with Gasteiger partial charge in [0.05, 0.1) is 29.8 Å². The monoisotopic (exact) mass is 479 g/mol. The highest BCUT2D eigenvalue weighted by Gasteiger charge is 2.35. The number of anilines is 1. The minimum Gasteiger partial charge on any atom is -0.487 e. The van der Waals surface area contributed by atoms with Crippen molar-refractivity contribution >= 4 is 33.6 Å². The number of rotatable bonds is 4. The van der Waals surface area contributed by atoms with Gasteiger partial charge in [0, 0.05) is 16.7 Å². The SMILES string of the molecule is Fc1cccnc1COc1ccc(C(F)(F)F)c(N2C=Nc3cc(Br)ccc3C2)c1. The third kappa shape index (κ3) is 4.30. The minimum atomic E-state index is -4.56. The zero-order valence-corrected chi connectivity index (χ0v) is 16.9. The van der Waals surface area contributed by atoms with E-state index in [-0.39, 0.29) is 30.3 Å². The molecule has 0 saturated carbocycles. The van der Waals surface area contributed by atoms with Crippen LogP contribution in [0.5, 0.6) is 5.75 Å². The molecule has 30 heavy (non-hydrogen) atoms. The van der Waals surface area contributed by atoms with Crippen molar-refractivity contribution in [2.45, 2.75) is 19.3 Å². The highest BCUT2D eigenvalue weighted by atomic mass is 79.9. The highest BCUT2D eigenvalue weighted by Crippen LogP contribution is 2.40. The number of ether oxygens (including phenoxy) is 1. The average molecular weight is 480 g/mol. The van der Waals surface area contributed by atoms with Crippen LogP contribution >= 0.6 is 15.9 Å². The third-order valence-electron chi connectivity index (χ3n) is 4.52. The maximum Gasteiger partial charge on any atom is 0.418 e. The van der Waals surface area contributed by atoms with E-state index in [0.717, 1.165) is 16.1 Å². The van der Waals surface area contributed by atoms with E-state index >= 15 is 0 Å². The van der Waals surface area contributed by atoms with Crippen molar-refractivity contribution in [3.8, 4) is 5.75 Å². The summed E-state index contributed by atoms with van der Waals surface area (Å²) in [5, 5.41) is 0. The van der Waals surface area contributed by atoms with E-state index in [1.807, 2.05) is 6.07 Å². The first-order valence-corrected chi connectivity index (χ1v) is 9.63. The van der Waals surface area contributed by atoms with Gasteiger partial charge in [-0.25, -0.2) is 9.38 Å². The van der Waals surface area contributed by atoms with Gasteiger partial charge in [-0.3, -0.25) is 4.98 Å². The molecule has 0 unspecified atom stereocenters. The summed E-state index contributed by atoms with van der Waals surface area (Å²) in [6.07, 6.45) is -1.78. The fourth-order valence-corrected chi connectivity index (χ4v) is 3.40. The second-order valence-corrected chi connectivity index (χ2v) is 7.46. The molecule has 0 amide bonds. The molecular weight excluding hydrogens is 466 g/mol. The summed E-state index contributed by atoms with van der Waals surface area (Å²) in [7, 11) is 0. The number of hydrogen-bond donors (Lipinski definition) is 0. The molecule has 0 spiro atoms. The van der Waals surface area contributed by atoms with Crippen LogP contribution in [0, 0.1) is 5.82 Å². The van der Waals surface area contributed by atoms with E-state index in [9.17, 15) is 17.6 Å². The van der Waals surface area contributed by atoms with Crippen molar-refractivity contribution in [1.82, 2.24) is 4.98 Å². The lowest BCUT2D eigenvalue weighted by Gasteiger charge is -2.27. The lowest BCUT2D eigenvalue weighted by Crippen LogP contribution is -2.26. The molecule has 3 aromatic rings. The zero-order chi connectivity index (χ0) is 21.3. The first kappa shape index (κ1) is 20.3. The summed E-state index contributed by atoms with van der Waals surface area (Å²) < 4.78 is 60.9. The second kappa shape index (κ2) is 8.06. The Labute approximate surface area is 178 Å². The molecule has 2 heterocycles. The Bertz CT molecular complexity index is 1120. The van der Waals surface area contributed by atoms with Crippen LogP contribution in [0.15, 0.2) is 64.2 Å². The van der Waals surface area contributed by atoms with Crippen molar-refractivity contribution in [3.05, 3.63) is 81.8 Å². The van der Waals surface area contributed by atoms with Gasteiger partial charge in [0.2, 0.25) is 0 Å². The molecule has 1 aromatic heterocycles. The van der Waals surface area contributed by atoms with Gasteiger partial charge in [-0.05, 0) is 42.0 Å². The number of hydrogen-bond acceptors (Lipinski definition) is 4. The smallest absolute Gasteiger partial charge is 0.418 e. The van der Waals surface area contributed by atoms with Gasteiger partial charge < -0.3 is 9.64 Å². The van der Waals surface area contributed by atoms with Crippen LogP contribution in [0.2, 0.25) is 0 Å². The molecule has 0 atom stereocenters. The van der Waals surface area contributed by atoms with Crippen molar-refractivity contribution in [1.29, 1.82) is 0 Å². The van der Waals surface area contributed by atoms with E-state index in [1.54, 1.807) is 12.1 Å². The summed E-state index contributed by atoms with van der Waals surface area (Å²) in [5.41, 5.74) is 0.630. The molecule has 0 radical (unpaired) electrons. The fraction of sp³-hybridized carbons (Fsp3) is 0.143. The lowest BCUT2D eigenvalue weighted by atomic mass is 10.1. The molecule has 0 bridgehead atoms. The van der Waals surface area contributed by atoms with Crippen molar-refractivity contribution in [2.24, 2.45) is 4.99 Å². The van der Waals surface area contributed by atoms with Crippen LogP contribution < -0.4 is 9.64 Å². The van der Waals surface area contributed by atoms with Crippen LogP contribution in [-0.4, -0.2) is 11.3 Å². The molecule has 154 valence electrons. The summed E-state index contributed by atoms with van der Waals surface area (Å²) in [6, 6.07) is 11.5. The summed E-state index contributed by atoms with van der Waals surface area (Å²) in [4.78, 5) is 9.56. The highest BCUT2D eigenvalue weighted by molar-refractivity contribution is 9.10. The maximum absolute atomic E-state index is 13.7. The number of benzene rings is 2. The van der Waals surface area contributed by atoms with Crippen LogP contribution in [0.4, 0.5) is 28.9 Å². The standard InChI is InChI=1S/C21H14BrF4N3O/c22-14-4-3-13-10-29(12-28-18(13)8-14)20-9-15(5-6-16(20)21(24,25)26)30-11-19-17(23)2-1-7-27-19/h1-9,12H,10-11H2. The first-order valence-electron chi connectivity index (χ1n) is 8.84. The number of halogens is 5. The molecule has 1 aliphatic heterocycles. The van der Waals surface area contributed by atoms with E-state index < -0.39 is 17.6 Å². The lowest BCUT2D eigenvalue weighted by molar-refractivity contribution is -0.137.